The van der Waals surface area contributed by atoms with Crippen molar-refractivity contribution in [2.24, 2.45) is 23.2 Å². The Labute approximate surface area is 132 Å². The minimum atomic E-state index is -0.214. The lowest BCUT2D eigenvalue weighted by Gasteiger charge is -2.56. The van der Waals surface area contributed by atoms with Gasteiger partial charge in [0, 0.05) is 17.0 Å². The van der Waals surface area contributed by atoms with Gasteiger partial charge in [0.25, 0.3) is 0 Å². The van der Waals surface area contributed by atoms with Gasteiger partial charge in [-0.3, -0.25) is 0 Å². The highest BCUT2D eigenvalue weighted by Gasteiger charge is 2.51. The first kappa shape index (κ1) is 14.3. The Bertz CT molecular complexity index is 554. The van der Waals surface area contributed by atoms with Crippen LogP contribution in [0, 0.1) is 29.0 Å². The largest absolute Gasteiger partial charge is 0.492 e. The molecule has 0 atom stereocenters. The molecule has 4 fully saturated rings. The molecule has 4 aliphatic rings. The van der Waals surface area contributed by atoms with Gasteiger partial charge in [-0.1, -0.05) is 12.2 Å². The van der Waals surface area contributed by atoms with Crippen molar-refractivity contribution in [2.75, 3.05) is 6.61 Å². The molecule has 0 saturated heterocycles. The molecule has 1 aromatic carbocycles. The van der Waals surface area contributed by atoms with Gasteiger partial charge in [0.15, 0.2) is 0 Å². The fourth-order valence-corrected chi connectivity index (χ4v) is 5.65. The lowest BCUT2D eigenvalue weighted by molar-refractivity contribution is -0.0746. The number of rotatable bonds is 4. The van der Waals surface area contributed by atoms with Gasteiger partial charge in [0.2, 0.25) is 0 Å². The normalized spacial score (nSPS) is 36.2. The number of ether oxygens (including phenoxy) is 1. The molecule has 2 heteroatoms. The number of hydrogen-bond acceptors (Lipinski definition) is 1. The lowest BCUT2D eigenvalue weighted by Crippen LogP contribution is -2.48. The third-order valence-electron chi connectivity index (χ3n) is 6.02. The molecule has 0 heterocycles. The topological polar surface area (TPSA) is 9.23 Å². The van der Waals surface area contributed by atoms with Gasteiger partial charge in [-0.2, -0.15) is 0 Å². The molecule has 5 rings (SSSR count). The molecule has 1 aromatic rings. The standard InChI is InChI=1S/C20H25FO/c1-2-3-17-4-5-18(21)9-19(17)22-13-20-10-14-6-15(11-20)8-16(7-14)12-20/h2-5,9,14-16H,6-8,10-13H2,1H3/b3-2+. The summed E-state index contributed by atoms with van der Waals surface area (Å²) in [7, 11) is 0. The van der Waals surface area contributed by atoms with Gasteiger partial charge in [-0.15, -0.1) is 0 Å². The Balaban J connectivity index is 1.52. The number of hydrogen-bond donors (Lipinski definition) is 0. The second-order valence-corrected chi connectivity index (χ2v) is 7.89. The van der Waals surface area contributed by atoms with Crippen LogP contribution in [-0.4, -0.2) is 6.61 Å². The molecule has 0 unspecified atom stereocenters. The van der Waals surface area contributed by atoms with E-state index in [4.69, 9.17) is 4.74 Å². The van der Waals surface area contributed by atoms with Gasteiger partial charge in [0.1, 0.15) is 11.6 Å². The molecule has 1 nitrogen and oxygen atoms in total. The molecular weight excluding hydrogens is 275 g/mol. The smallest absolute Gasteiger partial charge is 0.129 e. The fraction of sp³-hybridized carbons (Fsp3) is 0.600. The first-order chi connectivity index (χ1) is 10.7. The number of halogens is 1. The quantitative estimate of drug-likeness (QED) is 0.718. The van der Waals surface area contributed by atoms with Gasteiger partial charge in [-0.05, 0) is 75.3 Å². The van der Waals surface area contributed by atoms with Crippen molar-refractivity contribution in [3.05, 3.63) is 35.7 Å². The average molecular weight is 300 g/mol. The Hall–Kier alpha value is -1.31. The maximum Gasteiger partial charge on any atom is 0.129 e. The summed E-state index contributed by atoms with van der Waals surface area (Å²) in [5, 5.41) is 0. The Morgan fingerprint density at radius 2 is 1.77 bits per heavy atom. The predicted octanol–water partition coefficient (Wildman–Crippen LogP) is 5.45. The van der Waals surface area contributed by atoms with Crippen LogP contribution < -0.4 is 4.74 Å². The molecule has 4 bridgehead atoms. The summed E-state index contributed by atoms with van der Waals surface area (Å²) in [5.74, 6) is 3.27. The summed E-state index contributed by atoms with van der Waals surface area (Å²) >= 11 is 0. The molecule has 0 aromatic heterocycles. The molecule has 4 aliphatic carbocycles. The highest BCUT2D eigenvalue weighted by atomic mass is 19.1. The first-order valence-electron chi connectivity index (χ1n) is 8.71. The van der Waals surface area contributed by atoms with Crippen molar-refractivity contribution in [1.29, 1.82) is 0 Å². The predicted molar refractivity (Wildman–Crippen MR) is 87.2 cm³/mol. The average Bonchev–Trinajstić information content (AvgIpc) is 2.46. The van der Waals surface area contributed by atoms with Crippen molar-refractivity contribution in [3.63, 3.8) is 0 Å². The Morgan fingerprint density at radius 3 is 2.36 bits per heavy atom. The number of benzene rings is 1. The molecular formula is C20H25FO. The minimum absolute atomic E-state index is 0.214. The minimum Gasteiger partial charge on any atom is -0.492 e. The van der Waals surface area contributed by atoms with Crippen LogP contribution in [0.25, 0.3) is 6.08 Å². The van der Waals surface area contributed by atoms with Crippen molar-refractivity contribution in [1.82, 2.24) is 0 Å². The highest BCUT2D eigenvalue weighted by Crippen LogP contribution is 2.60. The van der Waals surface area contributed by atoms with Crippen molar-refractivity contribution in [2.45, 2.75) is 45.4 Å². The highest BCUT2D eigenvalue weighted by molar-refractivity contribution is 5.57. The van der Waals surface area contributed by atoms with Crippen molar-refractivity contribution in [3.8, 4) is 5.75 Å². The van der Waals surface area contributed by atoms with Crippen LogP contribution in [0.4, 0.5) is 4.39 Å². The zero-order chi connectivity index (χ0) is 15.2. The zero-order valence-electron chi connectivity index (χ0n) is 13.4. The first-order valence-corrected chi connectivity index (χ1v) is 8.71. The molecule has 4 saturated carbocycles. The van der Waals surface area contributed by atoms with Crippen LogP contribution in [0.1, 0.15) is 51.0 Å². The summed E-state index contributed by atoms with van der Waals surface area (Å²) in [6.45, 7) is 2.75. The van der Waals surface area contributed by atoms with E-state index in [0.29, 0.717) is 11.2 Å². The van der Waals surface area contributed by atoms with E-state index in [2.05, 4.69) is 0 Å². The van der Waals surface area contributed by atoms with Gasteiger partial charge in [0.05, 0.1) is 6.61 Å². The zero-order valence-corrected chi connectivity index (χ0v) is 13.4. The maximum absolute atomic E-state index is 13.6. The third kappa shape index (κ3) is 2.57. The molecule has 0 N–H and O–H groups in total. The summed E-state index contributed by atoms with van der Waals surface area (Å²) < 4.78 is 19.7. The van der Waals surface area contributed by atoms with Crippen LogP contribution >= 0.6 is 0 Å². The van der Waals surface area contributed by atoms with Crippen LogP contribution in [-0.2, 0) is 0 Å². The maximum atomic E-state index is 13.6. The summed E-state index contributed by atoms with van der Waals surface area (Å²) in [6.07, 6.45) is 12.3. The van der Waals surface area contributed by atoms with E-state index in [1.807, 2.05) is 25.1 Å². The SMILES string of the molecule is C/C=C/c1ccc(F)cc1OCC12CC3CC(CC(C3)C1)C2. The third-order valence-corrected chi connectivity index (χ3v) is 6.02. The molecule has 0 aliphatic heterocycles. The van der Waals surface area contributed by atoms with Crippen LogP contribution in [0.5, 0.6) is 5.75 Å². The summed E-state index contributed by atoms with van der Waals surface area (Å²) in [5.41, 5.74) is 1.35. The molecule has 118 valence electrons. The Kier molecular flexibility index (Phi) is 3.51. The van der Waals surface area contributed by atoms with E-state index < -0.39 is 0 Å². The molecule has 22 heavy (non-hydrogen) atoms. The van der Waals surface area contributed by atoms with Crippen LogP contribution in [0.3, 0.4) is 0 Å². The van der Waals surface area contributed by atoms with Gasteiger partial charge in [-0.25, -0.2) is 4.39 Å². The van der Waals surface area contributed by atoms with Crippen molar-refractivity contribution >= 4 is 6.08 Å². The van der Waals surface area contributed by atoms with Crippen LogP contribution in [0.2, 0.25) is 0 Å². The fourth-order valence-electron chi connectivity index (χ4n) is 5.65. The van der Waals surface area contributed by atoms with Crippen LogP contribution in [0.15, 0.2) is 24.3 Å². The van der Waals surface area contributed by atoms with E-state index in [1.54, 1.807) is 0 Å². The summed E-state index contributed by atoms with van der Waals surface area (Å²) in [4.78, 5) is 0. The molecule has 0 spiro atoms. The van der Waals surface area contributed by atoms with E-state index in [9.17, 15) is 4.39 Å². The van der Waals surface area contributed by atoms with E-state index in [0.717, 1.165) is 29.9 Å². The monoisotopic (exact) mass is 300 g/mol. The second kappa shape index (κ2) is 5.40. The molecule has 0 radical (unpaired) electrons. The second-order valence-electron chi connectivity index (χ2n) is 7.89. The van der Waals surface area contributed by atoms with Crippen molar-refractivity contribution < 1.29 is 9.13 Å². The number of allylic oxidation sites excluding steroid dienone is 1. The van der Waals surface area contributed by atoms with E-state index in [-0.39, 0.29) is 5.82 Å². The summed E-state index contributed by atoms with van der Waals surface area (Å²) in [6, 6.07) is 4.85. The van der Waals surface area contributed by atoms with Gasteiger partial charge >= 0.3 is 0 Å². The van der Waals surface area contributed by atoms with E-state index in [1.165, 1.54) is 50.7 Å². The van der Waals surface area contributed by atoms with Gasteiger partial charge < -0.3 is 4.74 Å². The van der Waals surface area contributed by atoms with E-state index >= 15 is 0 Å². The Morgan fingerprint density at radius 1 is 1.14 bits per heavy atom. The molecule has 0 amide bonds. The lowest BCUT2D eigenvalue weighted by atomic mass is 9.50.